The third kappa shape index (κ3) is 1.89. The molecule has 1 heterocycles. The van der Waals surface area contributed by atoms with Crippen molar-refractivity contribution in [2.24, 2.45) is 0 Å². The predicted molar refractivity (Wildman–Crippen MR) is 39.5 cm³/mol. The van der Waals surface area contributed by atoms with Gasteiger partial charge >= 0.3 is 0 Å². The van der Waals surface area contributed by atoms with Crippen LogP contribution in [0.4, 0.5) is 18.9 Å². The second-order valence-electron chi connectivity index (χ2n) is 2.35. The zero-order valence-electron chi connectivity index (χ0n) is 6.47. The molecule has 0 saturated carbocycles. The average Bonchev–Trinajstić information content (AvgIpc) is 2.08. The Balaban J connectivity index is 3.27. The number of hydrogen-bond donors (Lipinski definition) is 2. The summed E-state index contributed by atoms with van der Waals surface area (Å²) < 4.78 is 36.9. The maximum Gasteiger partial charge on any atom is 0.266 e. The number of halogens is 3. The van der Waals surface area contributed by atoms with E-state index in [9.17, 15) is 13.2 Å². The normalized spacial score (nSPS) is 10.8. The van der Waals surface area contributed by atoms with E-state index in [1.807, 2.05) is 0 Å². The highest BCUT2D eigenvalue weighted by molar-refractivity contribution is 5.50. The fraction of sp³-hybridized carbons (Fsp3) is 0.286. The molecular weight excluding hydrogens is 185 g/mol. The topological polar surface area (TPSA) is 59.1 Å². The number of aliphatic hydroxyl groups is 1. The molecule has 0 fully saturated rings. The summed E-state index contributed by atoms with van der Waals surface area (Å²) in [6, 6.07) is 0.555. The number of nitrogen functional groups attached to an aromatic ring is 1. The minimum atomic E-state index is -2.87. The van der Waals surface area contributed by atoms with Crippen LogP contribution in [0.2, 0.25) is 0 Å². The smallest absolute Gasteiger partial charge is 0.266 e. The molecule has 0 aromatic carbocycles. The maximum absolute atomic E-state index is 12.5. The third-order valence-corrected chi connectivity index (χ3v) is 1.52. The second-order valence-corrected chi connectivity index (χ2v) is 2.35. The lowest BCUT2D eigenvalue weighted by Gasteiger charge is -2.07. The maximum atomic E-state index is 12.5. The highest BCUT2D eigenvalue weighted by Gasteiger charge is 2.16. The van der Waals surface area contributed by atoms with Gasteiger partial charge in [-0.1, -0.05) is 0 Å². The number of alkyl halides is 2. The largest absolute Gasteiger partial charge is 0.397 e. The van der Waals surface area contributed by atoms with Gasteiger partial charge in [-0.15, -0.1) is 0 Å². The molecule has 0 saturated heterocycles. The van der Waals surface area contributed by atoms with Gasteiger partial charge in [-0.25, -0.2) is 13.8 Å². The van der Waals surface area contributed by atoms with Crippen LogP contribution in [0.3, 0.4) is 0 Å². The Bertz CT molecular complexity index is 317. The van der Waals surface area contributed by atoms with E-state index in [-0.39, 0.29) is 11.4 Å². The molecule has 3 nitrogen and oxygen atoms in total. The number of hydrogen-bond acceptors (Lipinski definition) is 3. The Morgan fingerprint density at radius 3 is 2.62 bits per heavy atom. The Labute approximate surface area is 72.0 Å². The summed E-state index contributed by atoms with van der Waals surface area (Å²) in [4.78, 5) is 3.16. The van der Waals surface area contributed by atoms with Gasteiger partial charge in [-0.05, 0) is 0 Å². The third-order valence-electron chi connectivity index (χ3n) is 1.52. The first-order valence-electron chi connectivity index (χ1n) is 3.40. The molecule has 1 rings (SSSR count). The Hall–Kier alpha value is -1.30. The fourth-order valence-corrected chi connectivity index (χ4v) is 0.895. The highest BCUT2D eigenvalue weighted by atomic mass is 19.3. The standard InChI is InChI=1S/C7H7F3N2O/c8-5-1-3(7(9)10)6(11)4(2-13)12-5/h1,7,13H,2,11H2. The van der Waals surface area contributed by atoms with Gasteiger partial charge in [-0.2, -0.15) is 4.39 Å². The van der Waals surface area contributed by atoms with Crippen molar-refractivity contribution in [1.82, 2.24) is 4.98 Å². The summed E-state index contributed by atoms with van der Waals surface area (Å²) in [6.45, 7) is -0.663. The molecule has 0 spiro atoms. The van der Waals surface area contributed by atoms with Crippen molar-refractivity contribution in [2.45, 2.75) is 13.0 Å². The van der Waals surface area contributed by atoms with E-state index >= 15 is 0 Å². The van der Waals surface area contributed by atoms with Gasteiger partial charge in [0.15, 0.2) is 0 Å². The first kappa shape index (κ1) is 9.79. The van der Waals surface area contributed by atoms with E-state index in [0.29, 0.717) is 6.07 Å². The van der Waals surface area contributed by atoms with Crippen molar-refractivity contribution in [3.63, 3.8) is 0 Å². The molecule has 6 heteroatoms. The Kier molecular flexibility index (Phi) is 2.72. The first-order chi connectivity index (χ1) is 6.06. The van der Waals surface area contributed by atoms with E-state index in [1.165, 1.54) is 0 Å². The van der Waals surface area contributed by atoms with Gasteiger partial charge in [0.1, 0.15) is 0 Å². The minimum absolute atomic E-state index is 0.268. The van der Waals surface area contributed by atoms with Crippen LogP contribution in [-0.4, -0.2) is 10.1 Å². The molecule has 0 atom stereocenters. The van der Waals surface area contributed by atoms with Gasteiger partial charge in [0, 0.05) is 11.6 Å². The van der Waals surface area contributed by atoms with Gasteiger partial charge in [0.2, 0.25) is 5.95 Å². The van der Waals surface area contributed by atoms with Gasteiger partial charge in [-0.3, -0.25) is 0 Å². The Morgan fingerprint density at radius 2 is 2.15 bits per heavy atom. The first-order valence-corrected chi connectivity index (χ1v) is 3.40. The zero-order chi connectivity index (χ0) is 10.0. The van der Waals surface area contributed by atoms with Gasteiger partial charge < -0.3 is 10.8 Å². The van der Waals surface area contributed by atoms with Crippen molar-refractivity contribution in [3.05, 3.63) is 23.3 Å². The van der Waals surface area contributed by atoms with Crippen LogP contribution < -0.4 is 5.73 Å². The van der Waals surface area contributed by atoms with Crippen molar-refractivity contribution in [2.75, 3.05) is 5.73 Å². The number of aromatic nitrogens is 1. The summed E-state index contributed by atoms with van der Waals surface area (Å²) in [5.41, 5.74) is 3.92. The van der Waals surface area contributed by atoms with E-state index in [4.69, 9.17) is 10.8 Å². The van der Waals surface area contributed by atoms with Crippen LogP contribution in [0.1, 0.15) is 17.7 Å². The molecule has 0 bridgehead atoms. The zero-order valence-corrected chi connectivity index (χ0v) is 6.47. The van der Waals surface area contributed by atoms with Crippen molar-refractivity contribution < 1.29 is 18.3 Å². The van der Waals surface area contributed by atoms with Crippen molar-refractivity contribution in [3.8, 4) is 0 Å². The fourth-order valence-electron chi connectivity index (χ4n) is 0.895. The summed E-state index contributed by atoms with van der Waals surface area (Å²) in [7, 11) is 0. The van der Waals surface area contributed by atoms with Crippen LogP contribution in [0.25, 0.3) is 0 Å². The van der Waals surface area contributed by atoms with Crippen LogP contribution in [-0.2, 0) is 6.61 Å². The molecule has 0 unspecified atom stereocenters. The van der Waals surface area contributed by atoms with Gasteiger partial charge in [0.25, 0.3) is 6.43 Å². The lowest BCUT2D eigenvalue weighted by Crippen LogP contribution is -2.05. The molecule has 13 heavy (non-hydrogen) atoms. The molecule has 1 aromatic heterocycles. The molecule has 0 aliphatic carbocycles. The monoisotopic (exact) mass is 192 g/mol. The summed E-state index contributed by atoms with van der Waals surface area (Å²) in [5, 5.41) is 8.60. The van der Waals surface area contributed by atoms with Crippen LogP contribution in [0, 0.1) is 5.95 Å². The predicted octanol–water partition coefficient (Wildman–Crippen LogP) is 1.23. The molecule has 0 aliphatic heterocycles. The Morgan fingerprint density at radius 1 is 1.54 bits per heavy atom. The number of nitrogens with zero attached hydrogens (tertiary/aromatic N) is 1. The van der Waals surface area contributed by atoms with E-state index in [2.05, 4.69) is 4.98 Å². The molecule has 72 valence electrons. The molecular formula is C7H7F3N2O. The van der Waals surface area contributed by atoms with E-state index < -0.39 is 24.5 Å². The molecule has 1 aromatic rings. The molecule has 3 N–H and O–H groups in total. The summed E-state index contributed by atoms with van der Waals surface area (Å²) >= 11 is 0. The SMILES string of the molecule is Nc1c(C(F)F)cc(F)nc1CO. The number of pyridine rings is 1. The number of rotatable bonds is 2. The number of nitrogens with two attached hydrogens (primary N) is 1. The average molecular weight is 192 g/mol. The lowest BCUT2D eigenvalue weighted by molar-refractivity contribution is 0.151. The second kappa shape index (κ2) is 3.61. The minimum Gasteiger partial charge on any atom is -0.397 e. The number of aliphatic hydroxyl groups excluding tert-OH is 1. The van der Waals surface area contributed by atoms with Crippen LogP contribution in [0.5, 0.6) is 0 Å². The van der Waals surface area contributed by atoms with Crippen LogP contribution in [0.15, 0.2) is 6.07 Å². The van der Waals surface area contributed by atoms with Crippen molar-refractivity contribution in [1.29, 1.82) is 0 Å². The molecule has 0 aliphatic rings. The lowest BCUT2D eigenvalue weighted by atomic mass is 10.2. The highest BCUT2D eigenvalue weighted by Crippen LogP contribution is 2.27. The van der Waals surface area contributed by atoms with Crippen molar-refractivity contribution >= 4 is 5.69 Å². The summed E-state index contributed by atoms with van der Waals surface area (Å²) in [6.07, 6.45) is -2.87. The molecule has 0 radical (unpaired) electrons. The summed E-state index contributed by atoms with van der Waals surface area (Å²) in [5.74, 6) is -1.08. The molecule has 0 amide bonds. The van der Waals surface area contributed by atoms with Crippen LogP contribution >= 0.6 is 0 Å². The van der Waals surface area contributed by atoms with Gasteiger partial charge in [0.05, 0.1) is 18.0 Å². The van der Waals surface area contributed by atoms with E-state index in [1.54, 1.807) is 0 Å². The quantitative estimate of drug-likeness (QED) is 0.693. The number of anilines is 1. The van der Waals surface area contributed by atoms with E-state index in [0.717, 1.165) is 0 Å².